The number of amidine groups is 1. The number of likely N-dealkylation sites (tertiary alicyclic amines) is 1. The summed E-state index contributed by atoms with van der Waals surface area (Å²) in [5, 5.41) is 7.43. The van der Waals surface area contributed by atoms with Gasteiger partial charge in [0, 0.05) is 13.0 Å². The molecule has 3 N–H and O–H groups in total. The van der Waals surface area contributed by atoms with Crippen LogP contribution in [0.2, 0.25) is 0 Å². The van der Waals surface area contributed by atoms with Gasteiger partial charge in [-0.3, -0.25) is 5.41 Å². The first-order chi connectivity index (χ1) is 7.63. The second-order valence-corrected chi connectivity index (χ2v) is 5.83. The quantitative estimate of drug-likeness (QED) is 0.554. The lowest BCUT2D eigenvalue weighted by Crippen LogP contribution is -2.38. The van der Waals surface area contributed by atoms with Gasteiger partial charge in [-0.15, -0.1) is 0 Å². The first-order valence-electron chi connectivity index (χ1n) is 6.69. The molecular formula is C13H25N3. The molecule has 0 radical (unpaired) electrons. The molecule has 0 unspecified atom stereocenters. The fourth-order valence-electron chi connectivity index (χ4n) is 3.00. The minimum Gasteiger partial charge on any atom is -0.388 e. The zero-order valence-electron chi connectivity index (χ0n) is 10.5. The average molecular weight is 223 g/mol. The lowest BCUT2D eigenvalue weighted by atomic mass is 9.92. The maximum Gasteiger partial charge on any atom is 0.0911 e. The molecule has 1 heterocycles. The predicted octanol–water partition coefficient (Wildman–Crippen LogP) is 2.21. The molecule has 0 amide bonds. The van der Waals surface area contributed by atoms with Crippen molar-refractivity contribution in [3.8, 4) is 0 Å². The molecule has 3 nitrogen and oxygen atoms in total. The summed E-state index contributed by atoms with van der Waals surface area (Å²) >= 11 is 0. The van der Waals surface area contributed by atoms with Crippen LogP contribution in [0.1, 0.15) is 45.4 Å². The third kappa shape index (κ3) is 2.97. The Labute approximate surface area is 98.9 Å². The molecule has 1 saturated carbocycles. The van der Waals surface area contributed by atoms with E-state index in [2.05, 4.69) is 11.8 Å². The molecule has 92 valence electrons. The lowest BCUT2D eigenvalue weighted by Gasteiger charge is -2.34. The van der Waals surface area contributed by atoms with Gasteiger partial charge in [0.2, 0.25) is 0 Å². The summed E-state index contributed by atoms with van der Waals surface area (Å²) in [5.41, 5.74) is 5.93. The fourth-order valence-corrected chi connectivity index (χ4v) is 3.00. The smallest absolute Gasteiger partial charge is 0.0911 e. The van der Waals surface area contributed by atoms with Crippen LogP contribution in [0, 0.1) is 16.7 Å². The van der Waals surface area contributed by atoms with Crippen LogP contribution in [0.5, 0.6) is 0 Å². The molecule has 1 aliphatic heterocycles. The van der Waals surface area contributed by atoms with Gasteiger partial charge in [-0.25, -0.2) is 0 Å². The van der Waals surface area contributed by atoms with Gasteiger partial charge in [0.05, 0.1) is 5.84 Å². The van der Waals surface area contributed by atoms with Crippen molar-refractivity contribution >= 4 is 5.84 Å². The number of piperidine rings is 1. The normalized spacial score (nSPS) is 25.6. The number of hydrogen-bond acceptors (Lipinski definition) is 2. The van der Waals surface area contributed by atoms with Gasteiger partial charge in [-0.05, 0) is 50.1 Å². The van der Waals surface area contributed by atoms with Crippen molar-refractivity contribution in [1.29, 1.82) is 5.41 Å². The van der Waals surface area contributed by atoms with E-state index >= 15 is 0 Å². The fraction of sp³-hybridized carbons (Fsp3) is 0.923. The van der Waals surface area contributed by atoms with E-state index in [1.807, 2.05) is 0 Å². The summed E-state index contributed by atoms with van der Waals surface area (Å²) in [7, 11) is 0. The average Bonchev–Trinajstić information content (AvgIpc) is 2.98. The van der Waals surface area contributed by atoms with E-state index in [9.17, 15) is 0 Å². The summed E-state index contributed by atoms with van der Waals surface area (Å²) in [6.07, 6.45) is 7.45. The molecule has 1 saturated heterocycles. The summed E-state index contributed by atoms with van der Waals surface area (Å²) in [6.45, 7) is 6.01. The molecule has 1 aliphatic carbocycles. The Morgan fingerprint density at radius 2 is 2.00 bits per heavy atom. The highest BCUT2D eigenvalue weighted by Crippen LogP contribution is 2.49. The van der Waals surface area contributed by atoms with Gasteiger partial charge in [0.25, 0.3) is 0 Å². The summed E-state index contributed by atoms with van der Waals surface area (Å²) in [6, 6.07) is 0. The lowest BCUT2D eigenvalue weighted by molar-refractivity contribution is 0.153. The van der Waals surface area contributed by atoms with Gasteiger partial charge >= 0.3 is 0 Å². The Morgan fingerprint density at radius 1 is 1.38 bits per heavy atom. The molecule has 0 aromatic carbocycles. The molecule has 0 spiro atoms. The maximum absolute atomic E-state index is 7.43. The van der Waals surface area contributed by atoms with Crippen LogP contribution < -0.4 is 5.73 Å². The monoisotopic (exact) mass is 223 g/mol. The zero-order valence-corrected chi connectivity index (χ0v) is 10.5. The first kappa shape index (κ1) is 11.9. The van der Waals surface area contributed by atoms with Crippen LogP contribution in [0.25, 0.3) is 0 Å². The van der Waals surface area contributed by atoms with Crippen molar-refractivity contribution < 1.29 is 0 Å². The minimum absolute atomic E-state index is 0.376. The SMILES string of the molecule is CCC1CCN(CC2(CC(=N)N)CC2)CC1. The third-order valence-corrected chi connectivity index (χ3v) is 4.37. The Hall–Kier alpha value is -0.570. The molecule has 16 heavy (non-hydrogen) atoms. The van der Waals surface area contributed by atoms with Gasteiger partial charge in [-0.1, -0.05) is 13.3 Å². The molecule has 2 aliphatic rings. The van der Waals surface area contributed by atoms with E-state index in [4.69, 9.17) is 11.1 Å². The van der Waals surface area contributed by atoms with Crippen molar-refractivity contribution in [3.05, 3.63) is 0 Å². The van der Waals surface area contributed by atoms with Crippen LogP contribution in [-0.4, -0.2) is 30.4 Å². The zero-order chi connectivity index (χ0) is 11.6. The van der Waals surface area contributed by atoms with Gasteiger partial charge < -0.3 is 10.6 Å². The topological polar surface area (TPSA) is 53.1 Å². The molecule has 0 atom stereocenters. The van der Waals surface area contributed by atoms with Crippen LogP contribution in [-0.2, 0) is 0 Å². The Balaban J connectivity index is 1.76. The number of hydrogen-bond donors (Lipinski definition) is 2. The molecule has 0 aromatic heterocycles. The maximum atomic E-state index is 7.43. The van der Waals surface area contributed by atoms with Crippen molar-refractivity contribution in [3.63, 3.8) is 0 Å². The predicted molar refractivity (Wildman–Crippen MR) is 67.7 cm³/mol. The molecule has 2 fully saturated rings. The van der Waals surface area contributed by atoms with Crippen LogP contribution >= 0.6 is 0 Å². The molecule has 0 aromatic rings. The number of nitrogens with two attached hydrogens (primary N) is 1. The highest BCUT2D eigenvalue weighted by atomic mass is 15.1. The minimum atomic E-state index is 0.376. The Bertz CT molecular complexity index is 250. The van der Waals surface area contributed by atoms with E-state index in [-0.39, 0.29) is 0 Å². The third-order valence-electron chi connectivity index (χ3n) is 4.37. The Kier molecular flexibility index (Phi) is 3.53. The molecule has 2 rings (SSSR count). The number of nitrogens with zero attached hydrogens (tertiary/aromatic N) is 1. The molecule has 3 heteroatoms. The summed E-state index contributed by atoms with van der Waals surface area (Å²) in [4.78, 5) is 2.60. The Morgan fingerprint density at radius 3 is 2.44 bits per heavy atom. The van der Waals surface area contributed by atoms with Crippen LogP contribution in [0.15, 0.2) is 0 Å². The van der Waals surface area contributed by atoms with Crippen molar-refractivity contribution in [2.45, 2.75) is 45.4 Å². The van der Waals surface area contributed by atoms with Gasteiger partial charge in [0.15, 0.2) is 0 Å². The number of rotatable bonds is 5. The highest BCUT2D eigenvalue weighted by Gasteiger charge is 2.44. The number of nitrogens with one attached hydrogen (secondary N) is 1. The van der Waals surface area contributed by atoms with Crippen LogP contribution in [0.3, 0.4) is 0 Å². The van der Waals surface area contributed by atoms with E-state index in [0.29, 0.717) is 11.3 Å². The summed E-state index contributed by atoms with van der Waals surface area (Å²) < 4.78 is 0. The van der Waals surface area contributed by atoms with E-state index in [1.165, 1.54) is 51.7 Å². The van der Waals surface area contributed by atoms with Crippen molar-refractivity contribution in [1.82, 2.24) is 4.90 Å². The second kappa shape index (κ2) is 4.74. The van der Waals surface area contributed by atoms with E-state index < -0.39 is 0 Å². The van der Waals surface area contributed by atoms with Crippen molar-refractivity contribution in [2.75, 3.05) is 19.6 Å². The molecule has 0 bridgehead atoms. The highest BCUT2D eigenvalue weighted by molar-refractivity contribution is 5.78. The van der Waals surface area contributed by atoms with E-state index in [0.717, 1.165) is 12.3 Å². The van der Waals surface area contributed by atoms with E-state index in [1.54, 1.807) is 0 Å². The van der Waals surface area contributed by atoms with Crippen molar-refractivity contribution in [2.24, 2.45) is 17.1 Å². The van der Waals surface area contributed by atoms with Crippen LogP contribution in [0.4, 0.5) is 0 Å². The summed E-state index contributed by atoms with van der Waals surface area (Å²) in [5.74, 6) is 1.33. The van der Waals surface area contributed by atoms with Gasteiger partial charge in [-0.2, -0.15) is 0 Å². The second-order valence-electron chi connectivity index (χ2n) is 5.83. The van der Waals surface area contributed by atoms with Gasteiger partial charge in [0.1, 0.15) is 0 Å². The largest absolute Gasteiger partial charge is 0.388 e. The molecular weight excluding hydrogens is 198 g/mol. The standard InChI is InChI=1S/C13H25N3/c1-2-11-3-7-16(8-4-11)10-13(5-6-13)9-12(14)15/h11H,2-10H2,1H3,(H3,14,15). The first-order valence-corrected chi connectivity index (χ1v) is 6.69.